The predicted octanol–water partition coefficient (Wildman–Crippen LogP) is 3.98. The van der Waals surface area contributed by atoms with E-state index in [1.54, 1.807) is 12.1 Å². The number of hydrogen-bond acceptors (Lipinski definition) is 4. The van der Waals surface area contributed by atoms with Crippen LogP contribution in [-0.4, -0.2) is 29.8 Å². The molecule has 142 valence electrons. The summed E-state index contributed by atoms with van der Waals surface area (Å²) in [6, 6.07) is 8.65. The highest BCUT2D eigenvalue weighted by atomic mass is 19.4. The number of aromatic nitrogens is 6. The van der Waals surface area contributed by atoms with Crippen LogP contribution in [0.2, 0.25) is 0 Å². The predicted molar refractivity (Wildman–Crippen MR) is 91.4 cm³/mol. The van der Waals surface area contributed by atoms with Crippen LogP contribution >= 0.6 is 0 Å². The third-order valence-electron chi connectivity index (χ3n) is 4.02. The van der Waals surface area contributed by atoms with Gasteiger partial charge in [0.15, 0.2) is 5.82 Å². The van der Waals surface area contributed by atoms with Crippen molar-refractivity contribution in [3.8, 4) is 22.6 Å². The van der Waals surface area contributed by atoms with Gasteiger partial charge in [-0.2, -0.15) is 18.3 Å². The van der Waals surface area contributed by atoms with Crippen molar-refractivity contribution in [2.75, 3.05) is 0 Å². The minimum Gasteiger partial charge on any atom is -0.262 e. The highest BCUT2D eigenvalue weighted by Gasteiger charge is 2.35. The zero-order valence-corrected chi connectivity index (χ0v) is 14.4. The Morgan fingerprint density at radius 2 is 1.79 bits per heavy atom. The van der Waals surface area contributed by atoms with Gasteiger partial charge in [-0.15, -0.1) is 5.10 Å². The Morgan fingerprint density at radius 1 is 1.04 bits per heavy atom. The summed E-state index contributed by atoms with van der Waals surface area (Å²) in [7, 11) is 0. The summed E-state index contributed by atoms with van der Waals surface area (Å²) in [5.74, 6) is -0.553. The van der Waals surface area contributed by atoms with Crippen LogP contribution in [0.4, 0.5) is 17.6 Å². The molecule has 0 amide bonds. The summed E-state index contributed by atoms with van der Waals surface area (Å²) in [6.45, 7) is 1.50. The molecule has 0 radical (unpaired) electrons. The van der Waals surface area contributed by atoms with E-state index in [-0.39, 0.29) is 17.1 Å². The minimum atomic E-state index is -4.52. The average molecular weight is 388 g/mol. The first-order valence-corrected chi connectivity index (χ1v) is 8.10. The van der Waals surface area contributed by atoms with Gasteiger partial charge in [-0.3, -0.25) is 4.98 Å². The third kappa shape index (κ3) is 3.24. The van der Waals surface area contributed by atoms with E-state index in [0.717, 1.165) is 16.9 Å². The van der Waals surface area contributed by atoms with Crippen LogP contribution in [0.1, 0.15) is 11.4 Å². The molecule has 6 nitrogen and oxygen atoms in total. The number of benzene rings is 1. The molecule has 4 aromatic rings. The van der Waals surface area contributed by atoms with Crippen molar-refractivity contribution in [2.45, 2.75) is 13.1 Å². The molecule has 3 heterocycles. The van der Waals surface area contributed by atoms with E-state index in [0.29, 0.717) is 11.3 Å². The lowest BCUT2D eigenvalue weighted by atomic mass is 10.1. The van der Waals surface area contributed by atoms with Gasteiger partial charge < -0.3 is 0 Å². The zero-order chi connectivity index (χ0) is 19.9. The lowest BCUT2D eigenvalue weighted by molar-refractivity contribution is -0.142. The lowest BCUT2D eigenvalue weighted by Gasteiger charge is -2.10. The highest BCUT2D eigenvalue weighted by Crippen LogP contribution is 2.32. The van der Waals surface area contributed by atoms with Gasteiger partial charge in [0.2, 0.25) is 0 Å². The second-order valence-corrected chi connectivity index (χ2v) is 6.00. The monoisotopic (exact) mass is 388 g/mol. The van der Waals surface area contributed by atoms with E-state index >= 15 is 0 Å². The van der Waals surface area contributed by atoms with E-state index in [2.05, 4.69) is 20.4 Å². The maximum Gasteiger partial charge on any atom is 0.433 e. The normalized spacial score (nSPS) is 11.8. The Hall–Kier alpha value is -3.56. The maximum atomic E-state index is 13.8. The van der Waals surface area contributed by atoms with Crippen molar-refractivity contribution in [3.63, 3.8) is 0 Å². The number of aryl methyl sites for hydroxylation is 1. The number of pyridine rings is 1. The minimum absolute atomic E-state index is 0.187. The molecule has 1 aromatic carbocycles. The van der Waals surface area contributed by atoms with Crippen molar-refractivity contribution in [1.82, 2.24) is 29.8 Å². The Labute approximate surface area is 156 Å². The van der Waals surface area contributed by atoms with Gasteiger partial charge in [-0.05, 0) is 31.2 Å². The van der Waals surface area contributed by atoms with Gasteiger partial charge >= 0.3 is 6.18 Å². The lowest BCUT2D eigenvalue weighted by Crippen LogP contribution is -2.13. The molecule has 0 fully saturated rings. The smallest absolute Gasteiger partial charge is 0.262 e. The second-order valence-electron chi connectivity index (χ2n) is 6.00. The fourth-order valence-corrected chi connectivity index (χ4v) is 2.74. The molecule has 0 unspecified atom stereocenters. The Kier molecular flexibility index (Phi) is 4.17. The van der Waals surface area contributed by atoms with Gasteiger partial charge in [-0.25, -0.2) is 13.8 Å². The average Bonchev–Trinajstić information content (AvgIpc) is 3.29. The van der Waals surface area contributed by atoms with Crippen molar-refractivity contribution in [3.05, 3.63) is 72.2 Å². The SMILES string of the molecule is Cc1cc(C(F)(F)F)n(-c2ccc(-c3cn(-c4ccncc4F)nn3)cc2)n1. The fraction of sp³-hybridized carbons (Fsp3) is 0.111. The molecule has 10 heteroatoms. The molecule has 0 aliphatic carbocycles. The molecule has 0 aliphatic heterocycles. The molecule has 0 N–H and O–H groups in total. The molecular formula is C18H12F4N6. The Bertz CT molecular complexity index is 1130. The van der Waals surface area contributed by atoms with Crippen molar-refractivity contribution >= 4 is 0 Å². The van der Waals surface area contributed by atoms with Crippen molar-refractivity contribution < 1.29 is 17.6 Å². The Balaban J connectivity index is 1.66. The van der Waals surface area contributed by atoms with Crippen LogP contribution in [0.5, 0.6) is 0 Å². The molecule has 0 atom stereocenters. The molecule has 28 heavy (non-hydrogen) atoms. The molecule has 0 saturated heterocycles. The summed E-state index contributed by atoms with van der Waals surface area (Å²) >= 11 is 0. The largest absolute Gasteiger partial charge is 0.433 e. The summed E-state index contributed by atoms with van der Waals surface area (Å²) in [6.07, 6.45) is -0.501. The highest BCUT2D eigenvalue weighted by molar-refractivity contribution is 5.60. The third-order valence-corrected chi connectivity index (χ3v) is 4.02. The number of rotatable bonds is 3. The van der Waals surface area contributed by atoms with E-state index in [9.17, 15) is 17.6 Å². The topological polar surface area (TPSA) is 61.4 Å². The van der Waals surface area contributed by atoms with Gasteiger partial charge in [0.05, 0.1) is 23.8 Å². The molecule has 0 spiro atoms. The Morgan fingerprint density at radius 3 is 2.46 bits per heavy atom. The molecular weight excluding hydrogens is 376 g/mol. The van der Waals surface area contributed by atoms with Crippen LogP contribution in [0.25, 0.3) is 22.6 Å². The van der Waals surface area contributed by atoms with Crippen LogP contribution < -0.4 is 0 Å². The summed E-state index contributed by atoms with van der Waals surface area (Å²) in [4.78, 5) is 3.68. The van der Waals surface area contributed by atoms with E-state index in [1.165, 1.54) is 42.2 Å². The number of alkyl halides is 3. The quantitative estimate of drug-likeness (QED) is 0.498. The van der Waals surface area contributed by atoms with Crippen molar-refractivity contribution in [2.24, 2.45) is 0 Å². The first kappa shape index (κ1) is 17.8. The van der Waals surface area contributed by atoms with E-state index in [1.807, 2.05) is 0 Å². The number of hydrogen-bond donors (Lipinski definition) is 0. The van der Waals surface area contributed by atoms with Gasteiger partial charge in [0.1, 0.15) is 17.1 Å². The molecule has 4 rings (SSSR count). The van der Waals surface area contributed by atoms with Gasteiger partial charge in [-0.1, -0.05) is 17.3 Å². The number of nitrogens with zero attached hydrogens (tertiary/aromatic N) is 6. The zero-order valence-electron chi connectivity index (χ0n) is 14.4. The van der Waals surface area contributed by atoms with Crippen molar-refractivity contribution in [1.29, 1.82) is 0 Å². The molecule has 0 aliphatic rings. The van der Waals surface area contributed by atoms with Crippen LogP contribution in [0.15, 0.2) is 55.0 Å². The first-order valence-electron chi connectivity index (χ1n) is 8.10. The number of halogens is 4. The van der Waals surface area contributed by atoms with E-state index in [4.69, 9.17) is 0 Å². The maximum absolute atomic E-state index is 13.8. The van der Waals surface area contributed by atoms with E-state index < -0.39 is 17.7 Å². The van der Waals surface area contributed by atoms with Gasteiger partial charge in [0.25, 0.3) is 0 Å². The second kappa shape index (κ2) is 6.55. The standard InChI is InChI=1S/C18H12F4N6/c1-11-8-17(18(20,21)22)28(25-11)13-4-2-12(3-5-13)15-10-27(26-24-15)16-6-7-23-9-14(16)19/h2-10H,1H3. The van der Waals surface area contributed by atoms with Crippen LogP contribution in [0, 0.1) is 12.7 Å². The van der Waals surface area contributed by atoms with Crippen LogP contribution in [0.3, 0.4) is 0 Å². The molecule has 0 saturated carbocycles. The summed E-state index contributed by atoms with van der Waals surface area (Å²) in [5, 5.41) is 11.8. The first-order chi connectivity index (χ1) is 13.3. The fourth-order valence-electron chi connectivity index (χ4n) is 2.74. The molecule has 0 bridgehead atoms. The van der Waals surface area contributed by atoms with Gasteiger partial charge in [0, 0.05) is 11.8 Å². The summed E-state index contributed by atoms with van der Waals surface area (Å²) in [5.41, 5.74) is 0.914. The van der Waals surface area contributed by atoms with Crippen LogP contribution in [-0.2, 0) is 6.18 Å². The molecule has 3 aromatic heterocycles. The summed E-state index contributed by atoms with van der Waals surface area (Å²) < 4.78 is 55.4.